The number of hydrogen-bond donors (Lipinski definition) is 1. The molecule has 0 bridgehead atoms. The van der Waals surface area contributed by atoms with E-state index in [1.54, 1.807) is 18.2 Å². The zero-order chi connectivity index (χ0) is 20.9. The van der Waals surface area contributed by atoms with Gasteiger partial charge in [0, 0.05) is 6.04 Å². The number of halogens is 1. The maximum absolute atomic E-state index is 14.3. The normalized spacial score (nSPS) is 14.5. The number of carbonyl (C=O) groups excluding carboxylic acids is 1. The molecule has 1 amide bonds. The zero-order valence-electron chi connectivity index (χ0n) is 16.9. The summed E-state index contributed by atoms with van der Waals surface area (Å²) in [4.78, 5) is 12.7. The molecule has 7 heteroatoms. The van der Waals surface area contributed by atoms with Crippen molar-refractivity contribution in [3.8, 4) is 11.4 Å². The van der Waals surface area contributed by atoms with Gasteiger partial charge in [0.25, 0.3) is 0 Å². The van der Waals surface area contributed by atoms with Gasteiger partial charge in [-0.25, -0.2) is 4.39 Å². The third-order valence-corrected chi connectivity index (χ3v) is 6.08. The third-order valence-electron chi connectivity index (χ3n) is 5.14. The number of nitrogens with one attached hydrogen (secondary N) is 1. The van der Waals surface area contributed by atoms with Crippen molar-refractivity contribution in [1.82, 2.24) is 20.1 Å². The molecule has 1 aliphatic rings. The molecule has 1 fully saturated rings. The number of carbonyl (C=O) groups is 1. The van der Waals surface area contributed by atoms with E-state index >= 15 is 0 Å². The Morgan fingerprint density at radius 1 is 1.17 bits per heavy atom. The third kappa shape index (κ3) is 4.73. The molecule has 1 heterocycles. The van der Waals surface area contributed by atoms with Crippen molar-refractivity contribution in [3.63, 3.8) is 0 Å². The van der Waals surface area contributed by atoms with Gasteiger partial charge in [-0.3, -0.25) is 9.36 Å². The van der Waals surface area contributed by atoms with Gasteiger partial charge < -0.3 is 5.32 Å². The van der Waals surface area contributed by atoms with E-state index in [0.717, 1.165) is 31.2 Å². The van der Waals surface area contributed by atoms with Crippen LogP contribution in [-0.4, -0.2) is 26.4 Å². The van der Waals surface area contributed by atoms with Gasteiger partial charge in [-0.15, -0.1) is 10.2 Å². The summed E-state index contributed by atoms with van der Waals surface area (Å²) in [6.45, 7) is 2.11. The van der Waals surface area contributed by atoms with Crippen molar-refractivity contribution in [2.75, 3.05) is 5.75 Å². The first-order chi connectivity index (χ1) is 14.7. The van der Waals surface area contributed by atoms with Crippen LogP contribution in [0.4, 0.5) is 4.39 Å². The smallest absolute Gasteiger partial charge is 0.230 e. The minimum absolute atomic E-state index is 0.000391. The number of hydrogen-bond acceptors (Lipinski definition) is 4. The van der Waals surface area contributed by atoms with Crippen LogP contribution in [0.5, 0.6) is 0 Å². The average Bonchev–Trinajstić information content (AvgIpc) is 3.52. The first-order valence-electron chi connectivity index (χ1n) is 10.3. The highest BCUT2D eigenvalue weighted by Crippen LogP contribution is 2.41. The Labute approximate surface area is 180 Å². The molecule has 0 saturated heterocycles. The number of thioether (sulfide) groups is 1. The van der Waals surface area contributed by atoms with Gasteiger partial charge in [0.1, 0.15) is 5.82 Å². The number of nitrogens with zero attached hydrogens (tertiary/aromatic N) is 3. The van der Waals surface area contributed by atoms with Crippen molar-refractivity contribution in [3.05, 3.63) is 66.0 Å². The van der Waals surface area contributed by atoms with Crippen molar-refractivity contribution in [1.29, 1.82) is 0 Å². The number of benzene rings is 2. The van der Waals surface area contributed by atoms with Crippen LogP contribution >= 0.6 is 11.8 Å². The highest BCUT2D eigenvalue weighted by atomic mass is 32.2. The molecule has 1 atom stereocenters. The van der Waals surface area contributed by atoms with E-state index in [2.05, 4.69) is 22.4 Å². The summed E-state index contributed by atoms with van der Waals surface area (Å²) in [7, 11) is 0. The van der Waals surface area contributed by atoms with E-state index in [1.165, 1.54) is 17.8 Å². The lowest BCUT2D eigenvalue weighted by Crippen LogP contribution is -2.30. The summed E-state index contributed by atoms with van der Waals surface area (Å²) < 4.78 is 16.3. The maximum atomic E-state index is 14.3. The predicted octanol–water partition coefficient (Wildman–Crippen LogP) is 5.17. The van der Waals surface area contributed by atoms with Crippen LogP contribution in [0, 0.1) is 5.82 Å². The fourth-order valence-electron chi connectivity index (χ4n) is 3.53. The fourth-order valence-corrected chi connectivity index (χ4v) is 4.34. The highest BCUT2D eigenvalue weighted by molar-refractivity contribution is 7.99. The summed E-state index contributed by atoms with van der Waals surface area (Å²) >= 11 is 1.35. The molecule has 2 aromatic carbocycles. The standard InChI is InChI=1S/C23H25FN4OS/c1-2-8-20(16-9-4-3-5-10-16)25-21(29)15-30-23-27-26-22(28(23)17-13-14-17)18-11-6-7-12-19(18)24/h3-7,9-12,17,20H,2,8,13-15H2,1H3,(H,25,29)/t20-/m1/s1. The van der Waals surface area contributed by atoms with Gasteiger partial charge in [0.05, 0.1) is 17.4 Å². The minimum Gasteiger partial charge on any atom is -0.349 e. The van der Waals surface area contributed by atoms with E-state index < -0.39 is 0 Å². The average molecular weight is 425 g/mol. The molecule has 0 unspecified atom stereocenters. The Morgan fingerprint density at radius 2 is 1.90 bits per heavy atom. The van der Waals surface area contributed by atoms with Crippen LogP contribution in [0.2, 0.25) is 0 Å². The van der Waals surface area contributed by atoms with Gasteiger partial charge in [-0.05, 0) is 37.0 Å². The molecule has 0 radical (unpaired) electrons. The Morgan fingerprint density at radius 3 is 2.60 bits per heavy atom. The molecule has 30 heavy (non-hydrogen) atoms. The minimum atomic E-state index is -0.314. The van der Waals surface area contributed by atoms with Gasteiger partial charge in [0.2, 0.25) is 5.91 Å². The Hall–Kier alpha value is -2.67. The van der Waals surface area contributed by atoms with Crippen molar-refractivity contribution >= 4 is 17.7 Å². The first-order valence-corrected chi connectivity index (χ1v) is 11.3. The molecule has 4 rings (SSSR count). The number of rotatable bonds is 9. The lowest BCUT2D eigenvalue weighted by molar-refractivity contribution is -0.119. The summed E-state index contributed by atoms with van der Waals surface area (Å²) in [6.07, 6.45) is 3.91. The van der Waals surface area contributed by atoms with E-state index in [0.29, 0.717) is 16.5 Å². The van der Waals surface area contributed by atoms with Crippen LogP contribution in [0.1, 0.15) is 50.3 Å². The second-order valence-electron chi connectivity index (χ2n) is 7.50. The van der Waals surface area contributed by atoms with Gasteiger partial charge in [-0.1, -0.05) is 67.6 Å². The molecular formula is C23H25FN4OS. The fraction of sp³-hybridized carbons (Fsp3) is 0.348. The van der Waals surface area contributed by atoms with E-state index in [9.17, 15) is 9.18 Å². The van der Waals surface area contributed by atoms with Gasteiger partial charge in [0.15, 0.2) is 11.0 Å². The zero-order valence-corrected chi connectivity index (χ0v) is 17.7. The van der Waals surface area contributed by atoms with Crippen LogP contribution in [0.25, 0.3) is 11.4 Å². The first kappa shape index (κ1) is 20.6. The predicted molar refractivity (Wildman–Crippen MR) is 117 cm³/mol. The van der Waals surface area contributed by atoms with Crippen LogP contribution in [0.3, 0.4) is 0 Å². The second kappa shape index (κ2) is 9.43. The van der Waals surface area contributed by atoms with Crippen molar-refractivity contribution in [2.24, 2.45) is 0 Å². The summed E-state index contributed by atoms with van der Waals surface area (Å²) in [5, 5.41) is 12.3. The van der Waals surface area contributed by atoms with Crippen LogP contribution in [0.15, 0.2) is 59.8 Å². The molecule has 1 aromatic heterocycles. The monoisotopic (exact) mass is 424 g/mol. The molecule has 0 aliphatic heterocycles. The largest absolute Gasteiger partial charge is 0.349 e. The lowest BCUT2D eigenvalue weighted by atomic mass is 10.0. The summed E-state index contributed by atoms with van der Waals surface area (Å²) in [5.74, 6) is 0.424. The molecule has 1 saturated carbocycles. The molecule has 156 valence electrons. The Kier molecular flexibility index (Phi) is 6.47. The van der Waals surface area contributed by atoms with E-state index in [4.69, 9.17) is 0 Å². The second-order valence-corrected chi connectivity index (χ2v) is 8.44. The molecule has 1 N–H and O–H groups in total. The van der Waals surface area contributed by atoms with E-state index in [1.807, 2.05) is 34.9 Å². The SMILES string of the molecule is CCC[C@@H](NC(=O)CSc1nnc(-c2ccccc2F)n1C1CC1)c1ccccc1. The highest BCUT2D eigenvalue weighted by Gasteiger charge is 2.31. The quantitative estimate of drug-likeness (QED) is 0.482. The van der Waals surface area contributed by atoms with Crippen molar-refractivity contribution in [2.45, 2.75) is 49.8 Å². The molecule has 5 nitrogen and oxygen atoms in total. The topological polar surface area (TPSA) is 59.8 Å². The molecule has 3 aromatic rings. The molecule has 0 spiro atoms. The lowest BCUT2D eigenvalue weighted by Gasteiger charge is -2.18. The number of amides is 1. The summed E-state index contributed by atoms with van der Waals surface area (Å²) in [5.41, 5.74) is 1.56. The Balaban J connectivity index is 1.46. The van der Waals surface area contributed by atoms with E-state index in [-0.39, 0.29) is 29.6 Å². The maximum Gasteiger partial charge on any atom is 0.230 e. The Bertz CT molecular complexity index is 1000. The van der Waals surface area contributed by atoms with Crippen LogP contribution < -0.4 is 5.32 Å². The molecule has 1 aliphatic carbocycles. The summed E-state index contributed by atoms with van der Waals surface area (Å²) in [6, 6.07) is 16.9. The van der Waals surface area contributed by atoms with Gasteiger partial charge in [-0.2, -0.15) is 0 Å². The van der Waals surface area contributed by atoms with Gasteiger partial charge >= 0.3 is 0 Å². The molecular weight excluding hydrogens is 399 g/mol. The van der Waals surface area contributed by atoms with Crippen LogP contribution in [-0.2, 0) is 4.79 Å². The van der Waals surface area contributed by atoms with Crippen molar-refractivity contribution < 1.29 is 9.18 Å². The number of aromatic nitrogens is 3.